The van der Waals surface area contributed by atoms with Crippen LogP contribution in [-0.4, -0.2) is 19.8 Å². The highest BCUT2D eigenvalue weighted by molar-refractivity contribution is 4.29. The van der Waals surface area contributed by atoms with Gasteiger partial charge in [0.2, 0.25) is 0 Å². The van der Waals surface area contributed by atoms with Gasteiger partial charge < -0.3 is 4.74 Å². The van der Waals surface area contributed by atoms with Crippen LogP contribution in [0.3, 0.4) is 0 Å². The molecule has 0 aromatic rings. The molecule has 0 saturated heterocycles. The highest BCUT2D eigenvalue weighted by Crippen LogP contribution is 1.67. The summed E-state index contributed by atoms with van der Waals surface area (Å²) in [6.45, 7) is 3.94. The lowest BCUT2D eigenvalue weighted by atomic mass is 10.7. The van der Waals surface area contributed by atoms with Gasteiger partial charge in [0.1, 0.15) is 0 Å². The van der Waals surface area contributed by atoms with Crippen LogP contribution in [0, 0.1) is 0 Å². The van der Waals surface area contributed by atoms with Gasteiger partial charge in [-0.15, -0.1) is 0 Å². The molecule has 1 radical (unpaired) electrons. The van der Waals surface area contributed by atoms with Crippen LogP contribution in [0.25, 0.3) is 0 Å². The Hall–Kier alpha value is -0.120. The van der Waals surface area contributed by atoms with Crippen molar-refractivity contribution >= 4 is 0 Å². The van der Waals surface area contributed by atoms with Gasteiger partial charge in [0.25, 0.3) is 0 Å². The molecule has 0 bridgehead atoms. The number of ether oxygens (including phenoxy) is 1. The molecule has 43 valence electrons. The Labute approximate surface area is 43.8 Å². The molecule has 3 nitrogen and oxygen atoms in total. The lowest BCUT2D eigenvalue weighted by Gasteiger charge is -1.94. The largest absolute Gasteiger partial charge is 0.380 e. The van der Waals surface area contributed by atoms with Crippen molar-refractivity contribution in [3.63, 3.8) is 0 Å². The van der Waals surface area contributed by atoms with Gasteiger partial charge in [0, 0.05) is 6.61 Å². The maximum atomic E-state index is 4.90. The van der Waals surface area contributed by atoms with E-state index in [0.717, 1.165) is 6.61 Å². The van der Waals surface area contributed by atoms with E-state index in [1.165, 1.54) is 0 Å². The van der Waals surface area contributed by atoms with Crippen LogP contribution < -0.4 is 11.3 Å². The van der Waals surface area contributed by atoms with Gasteiger partial charge >= 0.3 is 0 Å². The van der Waals surface area contributed by atoms with E-state index in [9.17, 15) is 0 Å². The molecule has 7 heavy (non-hydrogen) atoms. The molecule has 0 heterocycles. The molecule has 0 rings (SSSR count). The zero-order valence-corrected chi connectivity index (χ0v) is 4.55. The van der Waals surface area contributed by atoms with Gasteiger partial charge in [-0.3, -0.25) is 5.84 Å². The van der Waals surface area contributed by atoms with Gasteiger partial charge in [0.15, 0.2) is 0 Å². The molecule has 0 aromatic carbocycles. The third kappa shape index (κ3) is 5.88. The molecule has 0 spiro atoms. The summed E-state index contributed by atoms with van der Waals surface area (Å²) in [7, 11) is 0. The molecule has 0 aliphatic carbocycles. The van der Waals surface area contributed by atoms with Gasteiger partial charge in [-0.25, -0.2) is 0 Å². The second kappa shape index (κ2) is 5.88. The van der Waals surface area contributed by atoms with Crippen molar-refractivity contribution in [1.29, 1.82) is 0 Å². The van der Waals surface area contributed by atoms with Crippen LogP contribution in [-0.2, 0) is 4.74 Å². The quantitative estimate of drug-likeness (QED) is 0.296. The zero-order valence-electron chi connectivity index (χ0n) is 4.55. The first-order valence-corrected chi connectivity index (χ1v) is 2.36. The Bertz CT molecular complexity index is 28.9. The molecule has 0 fully saturated rings. The zero-order chi connectivity index (χ0) is 5.54. The minimum Gasteiger partial charge on any atom is -0.380 e. The fraction of sp³-hybridized carbons (Fsp3) is 1.00. The Morgan fingerprint density at radius 3 is 2.86 bits per heavy atom. The molecular weight excluding hydrogens is 92.1 g/mol. The summed E-state index contributed by atoms with van der Waals surface area (Å²) >= 11 is 0. The molecule has 0 amide bonds. The van der Waals surface area contributed by atoms with Crippen LogP contribution in [0.15, 0.2) is 0 Å². The van der Waals surface area contributed by atoms with E-state index in [0.29, 0.717) is 13.2 Å². The maximum absolute atomic E-state index is 4.90. The highest BCUT2D eigenvalue weighted by atomic mass is 16.5. The highest BCUT2D eigenvalue weighted by Gasteiger charge is 1.78. The summed E-state index contributed by atoms with van der Waals surface area (Å²) in [4.78, 5) is 0. The summed E-state index contributed by atoms with van der Waals surface area (Å²) in [6.07, 6.45) is 0. The lowest BCUT2D eigenvalue weighted by molar-refractivity contribution is 0.149. The van der Waals surface area contributed by atoms with Crippen LogP contribution in [0.2, 0.25) is 0 Å². The standard InChI is InChI=1S/C4H11N2O/c1-2-7-4-3-6-5/h2-5H2,1H3. The topological polar surface area (TPSA) is 49.4 Å². The van der Waals surface area contributed by atoms with E-state index in [1.54, 1.807) is 0 Å². The van der Waals surface area contributed by atoms with E-state index in [2.05, 4.69) is 5.43 Å². The minimum atomic E-state index is 0.605. The Kier molecular flexibility index (Phi) is 5.78. The maximum Gasteiger partial charge on any atom is 0.0622 e. The monoisotopic (exact) mass is 103 g/mol. The van der Waals surface area contributed by atoms with Gasteiger partial charge in [-0.2, -0.15) is 5.43 Å². The first-order valence-electron chi connectivity index (χ1n) is 2.36. The lowest BCUT2D eigenvalue weighted by Crippen LogP contribution is -2.18. The third-order valence-corrected chi connectivity index (χ3v) is 0.569. The van der Waals surface area contributed by atoms with Crippen molar-refractivity contribution in [3.05, 3.63) is 0 Å². The molecule has 0 atom stereocenters. The Morgan fingerprint density at radius 1 is 1.71 bits per heavy atom. The van der Waals surface area contributed by atoms with Crippen molar-refractivity contribution in [3.8, 4) is 0 Å². The van der Waals surface area contributed by atoms with Crippen LogP contribution >= 0.6 is 0 Å². The van der Waals surface area contributed by atoms with Crippen LogP contribution in [0.1, 0.15) is 6.92 Å². The van der Waals surface area contributed by atoms with Crippen LogP contribution in [0.4, 0.5) is 0 Å². The summed E-state index contributed by atoms with van der Waals surface area (Å²) in [6, 6.07) is 0. The predicted molar refractivity (Wildman–Crippen MR) is 27.7 cm³/mol. The van der Waals surface area contributed by atoms with Crippen molar-refractivity contribution in [2.45, 2.75) is 6.92 Å². The first-order chi connectivity index (χ1) is 3.41. The van der Waals surface area contributed by atoms with Gasteiger partial charge in [-0.05, 0) is 6.92 Å². The molecular formula is C4H11N2O. The average Bonchev–Trinajstić information content (AvgIpc) is 1.69. The second-order valence-corrected chi connectivity index (χ2v) is 1.10. The van der Waals surface area contributed by atoms with E-state index in [4.69, 9.17) is 10.6 Å². The summed E-state index contributed by atoms with van der Waals surface area (Å²) in [5.74, 6) is 4.81. The second-order valence-electron chi connectivity index (χ2n) is 1.10. The van der Waals surface area contributed by atoms with Gasteiger partial charge in [0.05, 0.1) is 13.2 Å². The fourth-order valence-corrected chi connectivity index (χ4v) is 0.262. The SMILES string of the molecule is CCOCC[N]N. The van der Waals surface area contributed by atoms with E-state index in [1.807, 2.05) is 6.92 Å². The van der Waals surface area contributed by atoms with Crippen molar-refractivity contribution < 1.29 is 4.74 Å². The van der Waals surface area contributed by atoms with E-state index < -0.39 is 0 Å². The third-order valence-electron chi connectivity index (χ3n) is 0.569. The van der Waals surface area contributed by atoms with Gasteiger partial charge in [-0.1, -0.05) is 0 Å². The number of rotatable bonds is 4. The summed E-state index contributed by atoms with van der Waals surface area (Å²) in [5, 5.41) is 0. The molecule has 0 saturated carbocycles. The van der Waals surface area contributed by atoms with Crippen LogP contribution in [0.5, 0.6) is 0 Å². The normalized spacial score (nSPS) is 9.43. The van der Waals surface area contributed by atoms with Crippen molar-refractivity contribution in [1.82, 2.24) is 5.43 Å². The van der Waals surface area contributed by atoms with Crippen molar-refractivity contribution in [2.75, 3.05) is 19.8 Å². The minimum absolute atomic E-state index is 0.605. The number of hydrogen-bond donors (Lipinski definition) is 1. The molecule has 0 aromatic heterocycles. The number of nitrogens with two attached hydrogens (primary N) is 1. The predicted octanol–water partition coefficient (Wildman–Crippen LogP) is -0.499. The Morgan fingerprint density at radius 2 is 2.43 bits per heavy atom. The smallest absolute Gasteiger partial charge is 0.0622 e. The fourth-order valence-electron chi connectivity index (χ4n) is 0.262. The number of nitrogens with zero attached hydrogens (tertiary/aromatic N) is 1. The average molecular weight is 103 g/mol. The Balaban J connectivity index is 2.45. The molecule has 2 N–H and O–H groups in total. The molecule has 3 heteroatoms. The molecule has 0 unspecified atom stereocenters. The van der Waals surface area contributed by atoms with E-state index >= 15 is 0 Å². The van der Waals surface area contributed by atoms with Crippen molar-refractivity contribution in [2.24, 2.45) is 5.84 Å². The number of hydrogen-bond acceptors (Lipinski definition) is 2. The summed E-state index contributed by atoms with van der Waals surface area (Å²) < 4.78 is 4.90. The molecule has 0 aliphatic heterocycles. The first kappa shape index (κ1) is 6.88. The summed E-state index contributed by atoms with van der Waals surface area (Å²) in [5.41, 5.74) is 3.35. The molecule has 0 aliphatic rings. The van der Waals surface area contributed by atoms with E-state index in [-0.39, 0.29) is 0 Å².